The number of carbonyl (C=O) groups excluding carboxylic acids is 3. The number of H-pyrrole nitrogens is 1. The van der Waals surface area contributed by atoms with Crippen molar-refractivity contribution in [2.45, 2.75) is 62.9 Å². The summed E-state index contributed by atoms with van der Waals surface area (Å²) >= 11 is 0. The highest BCUT2D eigenvalue weighted by atomic mass is 16.2. The van der Waals surface area contributed by atoms with E-state index in [1.165, 1.54) is 0 Å². The zero-order chi connectivity index (χ0) is 30.6. The van der Waals surface area contributed by atoms with Crippen LogP contribution in [0.15, 0.2) is 36.4 Å². The fraction of sp³-hybridized carbons (Fsp3) is 0.452. The number of benzene rings is 2. The fourth-order valence-electron chi connectivity index (χ4n) is 6.59. The second-order valence-corrected chi connectivity index (χ2v) is 11.1. The molecule has 3 amide bonds. The molecule has 43 heavy (non-hydrogen) atoms. The molecule has 0 saturated carbocycles. The molecule has 2 aliphatic rings. The lowest BCUT2D eigenvalue weighted by Crippen LogP contribution is -2.46. The first-order chi connectivity index (χ1) is 20.9. The minimum absolute atomic E-state index is 0.0926. The molecule has 224 valence electrons. The predicted molar refractivity (Wildman–Crippen MR) is 158 cm³/mol. The lowest BCUT2D eigenvalue weighted by atomic mass is 9.67. The van der Waals surface area contributed by atoms with Crippen LogP contribution in [0.4, 0.5) is 0 Å². The molecule has 1 fully saturated rings. The van der Waals surface area contributed by atoms with Gasteiger partial charge in [-0.25, -0.2) is 5.10 Å². The van der Waals surface area contributed by atoms with Crippen LogP contribution >= 0.6 is 0 Å². The van der Waals surface area contributed by atoms with Crippen LogP contribution in [0.2, 0.25) is 0 Å². The highest BCUT2D eigenvalue weighted by molar-refractivity contribution is 5.95. The molecule has 0 radical (unpaired) electrons. The van der Waals surface area contributed by atoms with Crippen LogP contribution in [0.25, 0.3) is 0 Å². The Labute approximate surface area is 250 Å². The smallest absolute Gasteiger partial charge is 0.251 e. The quantitative estimate of drug-likeness (QED) is 0.295. The molecular weight excluding hydrogens is 546 g/mol. The van der Waals surface area contributed by atoms with Gasteiger partial charge in [0.1, 0.15) is 6.04 Å². The van der Waals surface area contributed by atoms with Gasteiger partial charge in [-0.05, 0) is 95.5 Å². The summed E-state index contributed by atoms with van der Waals surface area (Å²) in [4.78, 5) is 40.0. The second-order valence-electron chi connectivity index (χ2n) is 11.1. The topological polar surface area (TPSA) is 169 Å². The lowest BCUT2D eigenvalue weighted by Gasteiger charge is -2.37. The standard InChI is InChI=1S/C31H37N9O3/c1-4-23(35-18-27(41)40-13-5-6-24(40)17-32)16-31(30-36-38-39-37-30)25-11-9-21(28(42)33-2)14-19(25)7-8-20-15-22(29(43)34-3)10-12-26(20)31/h9-12,14-15,23-24,35H,4-8,13,16,18H2,1-3H3,(H,33,42)(H,34,43)(H,36,37,38,39)/t23-,24+/m1/s1. The molecule has 1 aliphatic carbocycles. The number of aromatic amines is 1. The number of likely N-dealkylation sites (tertiary alicyclic amines) is 1. The van der Waals surface area contributed by atoms with Crippen molar-refractivity contribution in [2.75, 3.05) is 27.2 Å². The van der Waals surface area contributed by atoms with E-state index in [2.05, 4.69) is 49.6 Å². The maximum atomic E-state index is 13.1. The zero-order valence-corrected chi connectivity index (χ0v) is 24.7. The van der Waals surface area contributed by atoms with Gasteiger partial charge in [-0.3, -0.25) is 14.4 Å². The summed E-state index contributed by atoms with van der Waals surface area (Å²) in [6.07, 6.45) is 4.00. The number of amides is 3. The van der Waals surface area contributed by atoms with Gasteiger partial charge in [0.2, 0.25) is 5.91 Å². The van der Waals surface area contributed by atoms with Crippen LogP contribution in [0.5, 0.6) is 0 Å². The number of rotatable bonds is 9. The molecule has 0 unspecified atom stereocenters. The highest BCUT2D eigenvalue weighted by Crippen LogP contribution is 2.47. The summed E-state index contributed by atoms with van der Waals surface area (Å²) in [5, 5.41) is 33.8. The van der Waals surface area contributed by atoms with Crippen molar-refractivity contribution in [1.82, 2.24) is 41.5 Å². The van der Waals surface area contributed by atoms with Crippen molar-refractivity contribution in [3.05, 3.63) is 75.6 Å². The molecular formula is C31H37N9O3. The molecule has 3 aromatic rings. The van der Waals surface area contributed by atoms with Crippen molar-refractivity contribution in [1.29, 1.82) is 5.26 Å². The van der Waals surface area contributed by atoms with Crippen molar-refractivity contribution >= 4 is 17.7 Å². The predicted octanol–water partition coefficient (Wildman–Crippen LogP) is 1.62. The molecule has 0 bridgehead atoms. The molecule has 2 atom stereocenters. The Kier molecular flexibility index (Phi) is 8.82. The van der Waals surface area contributed by atoms with Gasteiger partial charge in [-0.2, -0.15) is 5.26 Å². The summed E-state index contributed by atoms with van der Waals surface area (Å²) in [7, 11) is 3.21. The summed E-state index contributed by atoms with van der Waals surface area (Å²) < 4.78 is 0. The average Bonchev–Trinajstić information content (AvgIpc) is 3.74. The number of fused-ring (bicyclic) bond motifs is 2. The lowest BCUT2D eigenvalue weighted by molar-refractivity contribution is -0.130. The van der Waals surface area contributed by atoms with E-state index in [0.29, 0.717) is 55.6 Å². The number of hydrogen-bond acceptors (Lipinski definition) is 8. The normalized spacial score (nSPS) is 17.6. The molecule has 12 heteroatoms. The third kappa shape index (κ3) is 5.60. The highest BCUT2D eigenvalue weighted by Gasteiger charge is 2.45. The third-order valence-corrected chi connectivity index (χ3v) is 8.83. The maximum absolute atomic E-state index is 13.1. The molecule has 1 aliphatic heterocycles. The van der Waals surface area contributed by atoms with Gasteiger partial charge in [-0.1, -0.05) is 19.1 Å². The van der Waals surface area contributed by atoms with E-state index >= 15 is 0 Å². The number of nitriles is 1. The van der Waals surface area contributed by atoms with Crippen LogP contribution in [-0.4, -0.2) is 82.5 Å². The third-order valence-electron chi connectivity index (χ3n) is 8.83. The first-order valence-electron chi connectivity index (χ1n) is 14.7. The van der Waals surface area contributed by atoms with Crippen molar-refractivity contribution in [3.63, 3.8) is 0 Å². The SMILES string of the molecule is CC[C@H](CC1(c2nnn[nH]2)c2ccc(C(=O)NC)cc2CCc2cc(C(=O)NC)ccc21)NCC(=O)N1CCC[C@H]1C#N. The Morgan fingerprint density at radius 2 is 1.70 bits per heavy atom. The molecule has 5 rings (SSSR count). The first kappa shape index (κ1) is 29.8. The van der Waals surface area contributed by atoms with E-state index < -0.39 is 5.41 Å². The van der Waals surface area contributed by atoms with E-state index in [-0.39, 0.29) is 36.3 Å². The minimum atomic E-state index is -0.882. The molecule has 4 N–H and O–H groups in total. The van der Waals surface area contributed by atoms with Crippen molar-refractivity contribution in [3.8, 4) is 6.07 Å². The van der Waals surface area contributed by atoms with E-state index in [0.717, 1.165) is 28.7 Å². The molecule has 2 heterocycles. The van der Waals surface area contributed by atoms with Crippen molar-refractivity contribution in [2.24, 2.45) is 0 Å². The summed E-state index contributed by atoms with van der Waals surface area (Å²) in [6, 6.07) is 13.1. The molecule has 2 aromatic carbocycles. The fourth-order valence-corrected chi connectivity index (χ4v) is 6.59. The average molecular weight is 584 g/mol. The molecule has 0 spiro atoms. The van der Waals surface area contributed by atoms with Gasteiger partial charge in [-0.15, -0.1) is 5.10 Å². The first-order valence-corrected chi connectivity index (χ1v) is 14.7. The largest absolute Gasteiger partial charge is 0.355 e. The summed E-state index contributed by atoms with van der Waals surface area (Å²) in [6.45, 7) is 2.75. The van der Waals surface area contributed by atoms with Gasteiger partial charge in [0.05, 0.1) is 18.0 Å². The number of aromatic nitrogens is 4. The Bertz CT molecular complexity index is 1480. The Hall–Kier alpha value is -4.63. The zero-order valence-electron chi connectivity index (χ0n) is 24.7. The summed E-state index contributed by atoms with van der Waals surface area (Å²) in [5.74, 6) is 0.0862. The van der Waals surface area contributed by atoms with E-state index in [1.54, 1.807) is 19.0 Å². The van der Waals surface area contributed by atoms with Crippen LogP contribution in [0.3, 0.4) is 0 Å². The van der Waals surface area contributed by atoms with Crippen LogP contribution < -0.4 is 16.0 Å². The van der Waals surface area contributed by atoms with Gasteiger partial charge < -0.3 is 20.9 Å². The van der Waals surface area contributed by atoms with E-state index in [1.807, 2.05) is 36.4 Å². The number of aryl methyl sites for hydroxylation is 2. The number of hydrogen-bond donors (Lipinski definition) is 4. The molecule has 1 saturated heterocycles. The second kappa shape index (κ2) is 12.7. The number of nitrogens with one attached hydrogen (secondary N) is 4. The van der Waals surface area contributed by atoms with Gasteiger partial charge in [0.15, 0.2) is 5.82 Å². The Morgan fingerprint density at radius 3 is 2.21 bits per heavy atom. The maximum Gasteiger partial charge on any atom is 0.251 e. The van der Waals surface area contributed by atoms with Crippen LogP contribution in [0, 0.1) is 11.3 Å². The minimum Gasteiger partial charge on any atom is -0.355 e. The van der Waals surface area contributed by atoms with Crippen LogP contribution in [-0.2, 0) is 23.1 Å². The number of nitrogens with zero attached hydrogens (tertiary/aromatic N) is 5. The number of tetrazole rings is 1. The van der Waals surface area contributed by atoms with Gasteiger partial charge in [0.25, 0.3) is 11.8 Å². The Balaban J connectivity index is 1.62. The number of carbonyl (C=O) groups is 3. The van der Waals surface area contributed by atoms with Gasteiger partial charge in [0, 0.05) is 37.8 Å². The van der Waals surface area contributed by atoms with Gasteiger partial charge >= 0.3 is 0 Å². The molecule has 1 aromatic heterocycles. The van der Waals surface area contributed by atoms with E-state index in [9.17, 15) is 19.6 Å². The Morgan fingerprint density at radius 1 is 1.07 bits per heavy atom. The van der Waals surface area contributed by atoms with E-state index in [4.69, 9.17) is 0 Å². The summed E-state index contributed by atoms with van der Waals surface area (Å²) in [5.41, 5.74) is 4.10. The van der Waals surface area contributed by atoms with Crippen molar-refractivity contribution < 1.29 is 14.4 Å². The molecule has 12 nitrogen and oxygen atoms in total. The monoisotopic (exact) mass is 583 g/mol. The van der Waals surface area contributed by atoms with Crippen LogP contribution in [0.1, 0.15) is 81.4 Å².